The van der Waals surface area contributed by atoms with Gasteiger partial charge in [-0.25, -0.2) is 23.5 Å². The van der Waals surface area contributed by atoms with Crippen molar-refractivity contribution >= 4 is 35.2 Å². The van der Waals surface area contributed by atoms with Crippen molar-refractivity contribution in [2.24, 2.45) is 11.1 Å². The van der Waals surface area contributed by atoms with Gasteiger partial charge in [-0.1, -0.05) is 37.5 Å². The summed E-state index contributed by atoms with van der Waals surface area (Å²) in [5, 5.41) is 8.66. The van der Waals surface area contributed by atoms with Crippen LogP contribution >= 0.6 is 0 Å². The third-order valence-electron chi connectivity index (χ3n) is 12.4. The summed E-state index contributed by atoms with van der Waals surface area (Å²) in [6.45, 7) is 3.65. The number of primary amides is 1. The lowest BCUT2D eigenvalue weighted by Gasteiger charge is -2.61. The predicted octanol–water partition coefficient (Wildman–Crippen LogP) is 5.75. The van der Waals surface area contributed by atoms with Crippen LogP contribution in [0.2, 0.25) is 0 Å². The SMILES string of the molecule is NC(=O)OC1CC2(C1)CN(C1CCN(c3ccc(NC4CCC(=O)NC4=O)cc3F)CC1)C2.O=c1ccccn1-c1cccc(-c2nc(NC3CCCCC3)ncc2F)c1. The molecule has 60 heavy (non-hydrogen) atoms. The van der Waals surface area contributed by atoms with Crippen LogP contribution in [-0.2, 0) is 14.3 Å². The molecule has 1 spiro atoms. The van der Waals surface area contributed by atoms with Crippen molar-refractivity contribution in [2.75, 3.05) is 41.7 Å². The smallest absolute Gasteiger partial charge is 0.404 e. The van der Waals surface area contributed by atoms with E-state index in [9.17, 15) is 28.0 Å². The average Bonchev–Trinajstić information content (AvgIpc) is 3.21. The number of anilines is 3. The topological polar surface area (TPSA) is 177 Å². The van der Waals surface area contributed by atoms with Crippen LogP contribution in [0.1, 0.15) is 70.6 Å². The van der Waals surface area contributed by atoms with E-state index >= 15 is 0 Å². The van der Waals surface area contributed by atoms with E-state index in [-0.39, 0.29) is 46.8 Å². The lowest BCUT2D eigenvalue weighted by Crippen LogP contribution is -2.67. The Morgan fingerprint density at radius 3 is 2.38 bits per heavy atom. The quantitative estimate of drug-likeness (QED) is 0.151. The lowest BCUT2D eigenvalue weighted by molar-refractivity contribution is -0.143. The molecule has 1 atom stereocenters. The van der Waals surface area contributed by atoms with Crippen molar-refractivity contribution in [3.05, 3.63) is 95.0 Å². The van der Waals surface area contributed by atoms with Crippen molar-refractivity contribution in [2.45, 2.75) is 94.9 Å². The first-order valence-corrected chi connectivity index (χ1v) is 20.9. The molecule has 5 aliphatic rings. The molecule has 2 aromatic carbocycles. The number of nitrogens with one attached hydrogen (secondary N) is 3. The number of nitrogens with zero attached hydrogens (tertiary/aromatic N) is 5. The van der Waals surface area contributed by atoms with Gasteiger partial charge < -0.3 is 26.0 Å². The highest BCUT2D eigenvalue weighted by Crippen LogP contribution is 2.51. The molecule has 5 fully saturated rings. The molecular weight excluding hydrogens is 773 g/mol. The summed E-state index contributed by atoms with van der Waals surface area (Å²) in [6.07, 6.45) is 12.4. The number of halogens is 2. The zero-order valence-corrected chi connectivity index (χ0v) is 33.5. The molecule has 14 nitrogen and oxygen atoms in total. The maximum Gasteiger partial charge on any atom is 0.404 e. The third kappa shape index (κ3) is 9.43. The summed E-state index contributed by atoms with van der Waals surface area (Å²) in [7, 11) is 0. The Hall–Kier alpha value is -5.90. The molecule has 316 valence electrons. The van der Waals surface area contributed by atoms with Crippen LogP contribution in [0, 0.1) is 17.0 Å². The summed E-state index contributed by atoms with van der Waals surface area (Å²) in [4.78, 5) is 59.2. The molecular formula is C44H51F2N9O5. The number of likely N-dealkylation sites (tertiary alicyclic amines) is 1. The Bertz CT molecular complexity index is 2260. The average molecular weight is 824 g/mol. The van der Waals surface area contributed by atoms with Crippen molar-refractivity contribution in [1.82, 2.24) is 24.8 Å². The molecule has 5 N–H and O–H groups in total. The van der Waals surface area contributed by atoms with Gasteiger partial charge in [-0.2, -0.15) is 0 Å². The maximum atomic E-state index is 14.9. The summed E-state index contributed by atoms with van der Waals surface area (Å²) in [5.41, 5.74) is 7.85. The van der Waals surface area contributed by atoms with Crippen LogP contribution in [0.25, 0.3) is 16.9 Å². The molecule has 16 heteroatoms. The number of amides is 3. The Morgan fingerprint density at radius 2 is 1.67 bits per heavy atom. The maximum absolute atomic E-state index is 14.9. The second kappa shape index (κ2) is 17.8. The monoisotopic (exact) mass is 823 g/mol. The molecule has 1 unspecified atom stereocenters. The van der Waals surface area contributed by atoms with Crippen LogP contribution in [0.5, 0.6) is 0 Å². The van der Waals surface area contributed by atoms with E-state index in [0.29, 0.717) is 47.1 Å². The molecule has 3 saturated heterocycles. The van der Waals surface area contributed by atoms with Gasteiger partial charge in [-0.05, 0) is 81.3 Å². The minimum absolute atomic E-state index is 0.0260. The minimum Gasteiger partial charge on any atom is -0.446 e. The number of piperidine rings is 2. The molecule has 3 aliphatic heterocycles. The fourth-order valence-electron chi connectivity index (χ4n) is 9.36. The molecule has 0 bridgehead atoms. The number of rotatable bonds is 9. The standard InChI is InChI=1S/C23H30FN5O4.C21H21FN4O/c24-17-9-14(26-18-2-4-20(30)27-21(18)31)1-3-19(17)28-7-5-15(6-8-28)29-12-23(13-29)10-16(11-23)33-22(25)32;22-18-14-23-21(24-16-8-2-1-3-9-16)25-20(18)15-7-6-10-17(13-15)26-12-5-4-11-19(26)27/h1,3,9,15-16,18,26H,2,4-8,10-13H2,(H2,25,32)(H,27,30,31);4-7,10-14,16H,1-3,8-9H2,(H,23,24,25). The molecule has 9 rings (SSSR count). The van der Waals surface area contributed by atoms with E-state index < -0.39 is 18.0 Å². The van der Waals surface area contributed by atoms with Gasteiger partial charge in [0, 0.05) is 79.3 Å². The number of benzene rings is 2. The molecule has 2 saturated carbocycles. The van der Waals surface area contributed by atoms with E-state index in [1.807, 2.05) is 6.07 Å². The summed E-state index contributed by atoms with van der Waals surface area (Å²) >= 11 is 0. The predicted molar refractivity (Wildman–Crippen MR) is 223 cm³/mol. The van der Waals surface area contributed by atoms with Gasteiger partial charge in [-0.3, -0.25) is 29.2 Å². The number of hydrogen-bond donors (Lipinski definition) is 4. The van der Waals surface area contributed by atoms with Crippen LogP contribution in [0.4, 0.5) is 30.9 Å². The van der Waals surface area contributed by atoms with Crippen molar-refractivity contribution in [3.8, 4) is 16.9 Å². The van der Waals surface area contributed by atoms with E-state index in [0.717, 1.165) is 64.7 Å². The first-order chi connectivity index (χ1) is 29.0. The fraction of sp³-hybridized carbons (Fsp3) is 0.455. The van der Waals surface area contributed by atoms with Gasteiger partial charge in [-0.15, -0.1) is 0 Å². The molecule has 3 amide bonds. The van der Waals surface area contributed by atoms with Crippen LogP contribution in [0.3, 0.4) is 0 Å². The van der Waals surface area contributed by atoms with E-state index in [2.05, 4.69) is 35.7 Å². The number of carbonyl (C=O) groups excluding carboxylic acids is 3. The van der Waals surface area contributed by atoms with E-state index in [1.165, 1.54) is 42.2 Å². The highest BCUT2D eigenvalue weighted by atomic mass is 19.1. The first kappa shape index (κ1) is 40.9. The van der Waals surface area contributed by atoms with Gasteiger partial charge in [0.1, 0.15) is 23.7 Å². The van der Waals surface area contributed by atoms with Gasteiger partial charge >= 0.3 is 6.09 Å². The Morgan fingerprint density at radius 1 is 0.883 bits per heavy atom. The number of hydrogen-bond acceptors (Lipinski definition) is 11. The molecule has 0 radical (unpaired) electrons. The summed E-state index contributed by atoms with van der Waals surface area (Å²) in [6, 6.07) is 17.4. The highest BCUT2D eigenvalue weighted by molar-refractivity contribution is 6.01. The molecule has 4 aromatic rings. The normalized spacial score (nSPS) is 20.9. The largest absolute Gasteiger partial charge is 0.446 e. The van der Waals surface area contributed by atoms with Crippen LogP contribution < -0.4 is 32.1 Å². The number of ether oxygens (including phenoxy) is 1. The first-order valence-electron chi connectivity index (χ1n) is 20.9. The molecule has 2 aromatic heterocycles. The number of aromatic nitrogens is 3. The summed E-state index contributed by atoms with van der Waals surface area (Å²) < 4.78 is 35.9. The highest BCUT2D eigenvalue weighted by Gasteiger charge is 2.55. The molecule has 2 aliphatic carbocycles. The van der Waals surface area contributed by atoms with Gasteiger partial charge in [0.15, 0.2) is 5.82 Å². The van der Waals surface area contributed by atoms with Gasteiger partial charge in [0.2, 0.25) is 17.8 Å². The summed E-state index contributed by atoms with van der Waals surface area (Å²) in [5.74, 6) is -1.00. The zero-order valence-electron chi connectivity index (χ0n) is 33.5. The van der Waals surface area contributed by atoms with E-state index in [1.54, 1.807) is 48.7 Å². The Balaban J connectivity index is 0.000000170. The van der Waals surface area contributed by atoms with Crippen molar-refractivity contribution < 1.29 is 27.9 Å². The second-order valence-corrected chi connectivity index (χ2v) is 16.7. The zero-order chi connectivity index (χ0) is 41.8. The number of carbonyl (C=O) groups is 3. The fourth-order valence-corrected chi connectivity index (χ4v) is 9.36. The van der Waals surface area contributed by atoms with Crippen molar-refractivity contribution in [1.29, 1.82) is 0 Å². The van der Waals surface area contributed by atoms with Gasteiger partial charge in [0.05, 0.1) is 11.9 Å². The number of nitrogens with two attached hydrogens (primary N) is 1. The lowest BCUT2D eigenvalue weighted by atomic mass is 9.61. The minimum atomic E-state index is -0.689. The van der Waals surface area contributed by atoms with Gasteiger partial charge in [0.25, 0.3) is 5.56 Å². The van der Waals surface area contributed by atoms with Crippen LogP contribution in [0.15, 0.2) is 77.9 Å². The van der Waals surface area contributed by atoms with Crippen molar-refractivity contribution in [3.63, 3.8) is 0 Å². The second-order valence-electron chi connectivity index (χ2n) is 16.7. The Kier molecular flexibility index (Phi) is 12.1. The number of pyridine rings is 1. The third-order valence-corrected chi connectivity index (χ3v) is 12.4. The Labute approximate surface area is 346 Å². The van der Waals surface area contributed by atoms with Crippen LogP contribution in [-0.4, -0.2) is 87.8 Å². The van der Waals surface area contributed by atoms with E-state index in [4.69, 9.17) is 10.5 Å². The molecule has 5 heterocycles. The number of imide groups is 1.